The van der Waals surface area contributed by atoms with Crippen LogP contribution in [0.25, 0.3) is 34.1 Å². The maximum atomic E-state index is 14.4. The van der Waals surface area contributed by atoms with Crippen molar-refractivity contribution in [3.05, 3.63) is 113 Å². The number of aromatic nitrogens is 14. The Labute approximate surface area is 355 Å². The van der Waals surface area contributed by atoms with Gasteiger partial charge in [0.2, 0.25) is 5.88 Å². The van der Waals surface area contributed by atoms with E-state index in [1.165, 1.54) is 59.3 Å². The van der Waals surface area contributed by atoms with Gasteiger partial charge in [0.15, 0.2) is 39.7 Å². The van der Waals surface area contributed by atoms with Gasteiger partial charge >= 0.3 is 0 Å². The molecule has 0 aliphatic carbocycles. The number of rotatable bonds is 6. The lowest BCUT2D eigenvalue weighted by Crippen LogP contribution is -2.17. The van der Waals surface area contributed by atoms with Gasteiger partial charge < -0.3 is 9.84 Å². The number of halogens is 3. The number of aliphatic hydroxyl groups excluding tert-OH is 1. The topological polar surface area (TPSA) is 177 Å². The van der Waals surface area contributed by atoms with E-state index in [1.54, 1.807) is 38.1 Å². The first-order valence-electron chi connectivity index (χ1n) is 22.7. The van der Waals surface area contributed by atoms with Crippen LogP contribution >= 0.6 is 11.6 Å². The van der Waals surface area contributed by atoms with Gasteiger partial charge in [-0.1, -0.05) is 84.7 Å². The van der Waals surface area contributed by atoms with E-state index in [9.17, 15) is 8.78 Å². The van der Waals surface area contributed by atoms with Crippen LogP contribution in [-0.2, 0) is 38.0 Å². The van der Waals surface area contributed by atoms with Gasteiger partial charge in [0.05, 0.1) is 11.1 Å². The Morgan fingerprint density at radius 3 is 1.74 bits per heavy atom. The number of hydrogen-bond donors (Lipinski definition) is 1. The average Bonchev–Trinajstić information content (AvgIpc) is 4.09. The highest BCUT2D eigenvalue weighted by Gasteiger charge is 2.25. The molecule has 1 N–H and O–H groups in total. The zero-order chi connectivity index (χ0) is 51.1. The van der Waals surface area contributed by atoms with Crippen LogP contribution in [0.15, 0.2) is 73.3 Å². The van der Waals surface area contributed by atoms with Gasteiger partial charge in [-0.15, -0.1) is 25.5 Å². The number of benzene rings is 2. The minimum Gasteiger partial charge on any atom is -0.468 e. The third kappa shape index (κ3) is 9.29. The van der Waals surface area contributed by atoms with Gasteiger partial charge in [0.1, 0.15) is 37.5 Å². The monoisotopic (exact) mass is 826 g/mol. The molecule has 8 aromatic rings. The summed E-state index contributed by atoms with van der Waals surface area (Å²) in [5.41, 5.74) is -1.28. The van der Waals surface area contributed by atoms with Crippen LogP contribution in [-0.4, -0.2) is 74.3 Å². The van der Waals surface area contributed by atoms with Crippen LogP contribution in [0.4, 0.5) is 8.78 Å². The number of nitrogens with zero attached hydrogens (tertiary/aromatic N) is 14. The molecule has 6 aromatic heterocycles. The number of aryl methyl sites for hydroxylation is 2. The number of aliphatic hydroxyl groups is 1. The molecule has 2 aromatic carbocycles. The van der Waals surface area contributed by atoms with Gasteiger partial charge in [-0.05, 0) is 47.2 Å². The summed E-state index contributed by atoms with van der Waals surface area (Å²) in [4.78, 5) is 7.46. The lowest BCUT2D eigenvalue weighted by molar-refractivity contribution is 0.265. The van der Waals surface area contributed by atoms with Gasteiger partial charge in [-0.2, -0.15) is 24.3 Å². The molecule has 0 radical (unpaired) electrons. The number of fused-ring (bicyclic) bond motifs is 2. The Bertz CT molecular complexity index is 3090. The molecule has 16 nitrogen and oxygen atoms in total. The Hall–Kier alpha value is -6.27. The van der Waals surface area contributed by atoms with Crippen molar-refractivity contribution in [1.29, 1.82) is 0 Å². The minimum absolute atomic E-state index is 0. The molecule has 0 aliphatic heterocycles. The van der Waals surface area contributed by atoms with Crippen LogP contribution in [0.5, 0.6) is 5.88 Å². The summed E-state index contributed by atoms with van der Waals surface area (Å²) < 4.78 is 129. The molecule has 0 aliphatic rings. The molecule has 0 saturated heterocycles. The molecule has 58 heavy (non-hydrogen) atoms. The summed E-state index contributed by atoms with van der Waals surface area (Å²) in [6.07, 6.45) is 2.17. The highest BCUT2D eigenvalue weighted by molar-refractivity contribution is 6.30. The van der Waals surface area contributed by atoms with Gasteiger partial charge in [0.25, 0.3) is 0 Å². The highest BCUT2D eigenvalue weighted by atomic mass is 35.5. The van der Waals surface area contributed by atoms with Gasteiger partial charge in [-0.3, -0.25) is 9.36 Å². The van der Waals surface area contributed by atoms with E-state index >= 15 is 0 Å². The zero-order valence-corrected chi connectivity index (χ0v) is 31.3. The van der Waals surface area contributed by atoms with E-state index in [4.69, 9.17) is 37.9 Å². The molecule has 0 amide bonds. The lowest BCUT2D eigenvalue weighted by atomic mass is 9.88. The second-order valence-electron chi connectivity index (χ2n) is 13.1. The summed E-state index contributed by atoms with van der Waals surface area (Å²) in [6.45, 7) is -4.31. The summed E-state index contributed by atoms with van der Waals surface area (Å²) in [5.74, 6) is -0.811. The standard InChI is InChI=1S/C19H20FN7O.C15H14ClFN4.C4H7N3O.CH4/c1-19(2,3)13-9-15-23-24-17(12-7-5-6-8-14(12)20)27(15)25-18(13)28-10-16-21-11-22-26(16)4;1-15(2,3)10-8-12-18-19-14(21(12)20-13(10)16)9-6-4-5-7-11(9)17;1-7-4(2-8)5-3-6-7;/h5-9,11H,10H2,1-4H3;4-8H,1-3H3;3,8H,2H2,1H3;1H4/i1D3,4D3;2*1D3;. The third-order valence-corrected chi connectivity index (χ3v) is 8.28. The smallest absolute Gasteiger partial charge is 0.236 e. The van der Waals surface area contributed by atoms with Crippen molar-refractivity contribution >= 4 is 22.9 Å². The van der Waals surface area contributed by atoms with Crippen LogP contribution in [0, 0.1) is 11.6 Å². The lowest BCUT2D eigenvalue weighted by Gasteiger charge is -2.21. The van der Waals surface area contributed by atoms with Crippen molar-refractivity contribution in [1.82, 2.24) is 69.2 Å². The van der Waals surface area contributed by atoms with E-state index in [0.717, 1.165) is 17.3 Å². The Balaban J connectivity index is 0.000000219. The van der Waals surface area contributed by atoms with Crippen LogP contribution in [0.2, 0.25) is 5.15 Å². The third-order valence-electron chi connectivity index (χ3n) is 8.00. The van der Waals surface area contributed by atoms with E-state index in [-0.39, 0.29) is 70.7 Å². The Morgan fingerprint density at radius 2 is 1.22 bits per heavy atom. The number of hydrogen-bond acceptors (Lipinski definition) is 12. The molecule has 0 spiro atoms. The fraction of sp³-hybridized carbons (Fsp3) is 0.333. The minimum atomic E-state index is -2.58. The molecule has 19 heteroatoms. The molecule has 304 valence electrons. The van der Waals surface area contributed by atoms with Crippen molar-refractivity contribution in [2.24, 2.45) is 14.0 Å². The largest absolute Gasteiger partial charge is 0.468 e. The van der Waals surface area contributed by atoms with Gasteiger partial charge in [0, 0.05) is 41.5 Å². The quantitative estimate of drug-likeness (QED) is 0.187. The van der Waals surface area contributed by atoms with Gasteiger partial charge in [-0.25, -0.2) is 18.7 Å². The highest BCUT2D eigenvalue weighted by Crippen LogP contribution is 2.33. The fourth-order valence-corrected chi connectivity index (χ4v) is 5.48. The second kappa shape index (κ2) is 17.5. The SMILES string of the molecule is C.[2H]C([2H])([2H])C(C)(C)c1cc2nnc(-c3ccccc3F)n2nc1Cl.[2H]C([2H])([2H])n1ncnc1CO.[2H]C([2H])([2H])n1ncnc1COc1nn2c(-c3ccccc3F)nnc2cc1C(C)(C)C([2H])([2H])[2H]. The summed E-state index contributed by atoms with van der Waals surface area (Å²) in [5, 5.41) is 40.3. The average molecular weight is 827 g/mol. The normalized spacial score (nSPS) is 15.4. The molecular weight excluding hydrogens is 770 g/mol. The maximum Gasteiger partial charge on any atom is 0.236 e. The molecular formula is C39H45ClF2N14O2. The molecule has 0 fully saturated rings. The summed E-state index contributed by atoms with van der Waals surface area (Å²) >= 11 is 6.22. The second-order valence-corrected chi connectivity index (χ2v) is 13.5. The predicted octanol–water partition coefficient (Wildman–Crippen LogP) is 6.76. The van der Waals surface area contributed by atoms with Crippen molar-refractivity contribution in [2.75, 3.05) is 0 Å². The van der Waals surface area contributed by atoms with Crippen molar-refractivity contribution in [3.63, 3.8) is 0 Å². The fourth-order valence-electron chi connectivity index (χ4n) is 5.11. The van der Waals surface area contributed by atoms with Crippen molar-refractivity contribution < 1.29 is 35.1 Å². The van der Waals surface area contributed by atoms with E-state index in [1.807, 2.05) is 0 Å². The van der Waals surface area contributed by atoms with Crippen LogP contribution in [0.3, 0.4) is 0 Å². The van der Waals surface area contributed by atoms with Crippen molar-refractivity contribution in [2.45, 2.75) is 72.9 Å². The maximum absolute atomic E-state index is 14.4. The molecule has 8 rings (SSSR count). The van der Waals surface area contributed by atoms with Crippen LogP contribution < -0.4 is 4.74 Å². The number of ether oxygens (including phenoxy) is 1. The van der Waals surface area contributed by atoms with Crippen LogP contribution in [0.1, 0.15) is 88.1 Å². The summed E-state index contributed by atoms with van der Waals surface area (Å²) in [6, 6.07) is 15.0. The van der Waals surface area contributed by atoms with E-state index in [0.29, 0.717) is 15.9 Å². The zero-order valence-electron chi connectivity index (χ0n) is 42.6. The first-order chi connectivity index (χ1) is 32.0. The summed E-state index contributed by atoms with van der Waals surface area (Å²) in [7, 11) is 0. The van der Waals surface area contributed by atoms with E-state index in [2.05, 4.69) is 50.8 Å². The molecule has 0 saturated carbocycles. The molecule has 0 atom stereocenters. The van der Waals surface area contributed by atoms with E-state index < -0.39 is 56.7 Å². The molecule has 0 unspecified atom stereocenters. The Morgan fingerprint density at radius 1 is 0.724 bits per heavy atom. The molecule has 0 bridgehead atoms. The van der Waals surface area contributed by atoms with Crippen molar-refractivity contribution in [3.8, 4) is 28.7 Å². The molecule has 6 heterocycles. The Kier molecular flexibility index (Phi) is 8.74. The first kappa shape index (κ1) is 29.0. The first-order valence-corrected chi connectivity index (χ1v) is 17.1. The predicted molar refractivity (Wildman–Crippen MR) is 214 cm³/mol.